The van der Waals surface area contributed by atoms with E-state index in [2.05, 4.69) is 0 Å². The zero-order valence-electron chi connectivity index (χ0n) is 10.6. The van der Waals surface area contributed by atoms with Gasteiger partial charge in [-0.05, 0) is 18.3 Å². The normalized spacial score (nSPS) is 37.4. The maximum atomic E-state index is 14.0. The Balaban J connectivity index is 2.21. The lowest BCUT2D eigenvalue weighted by atomic mass is 10.2. The SMILES string of the molecule is CCOP(=O)(OCC)[N+]12CC[N+](F)(CC1)CC2. The quantitative estimate of drug-likeness (QED) is 0.562. The molecule has 3 aliphatic heterocycles. The Labute approximate surface area is 102 Å². The molecule has 0 unspecified atom stereocenters. The Morgan fingerprint density at radius 1 is 1.00 bits per heavy atom. The largest absolute Gasteiger partial charge is 0.532 e. The van der Waals surface area contributed by atoms with Crippen molar-refractivity contribution < 1.29 is 27.1 Å². The standard InChI is InChI=1S/C10H22FN2O3P/c1-3-15-17(14,16-4-2)13-8-5-12(11,6-9-13)7-10-13/h3-10H2,1-2H3/q+2. The van der Waals surface area contributed by atoms with Gasteiger partial charge in [-0.2, -0.15) is 0 Å². The summed E-state index contributed by atoms with van der Waals surface area (Å²) in [5, 5.41) is 0. The molecule has 0 spiro atoms. The van der Waals surface area contributed by atoms with Crippen LogP contribution in [-0.2, 0) is 13.6 Å². The Morgan fingerprint density at radius 3 is 1.76 bits per heavy atom. The van der Waals surface area contributed by atoms with Crippen LogP contribution in [0.4, 0.5) is 4.48 Å². The molecule has 0 atom stereocenters. The number of halogens is 1. The highest BCUT2D eigenvalue weighted by Crippen LogP contribution is 2.60. The summed E-state index contributed by atoms with van der Waals surface area (Å²) in [6.45, 7) is 7.27. The molecule has 2 bridgehead atoms. The number of nitrogens with zero attached hydrogens (tertiary/aromatic N) is 2. The minimum atomic E-state index is -3.16. The third-order valence-corrected chi connectivity index (χ3v) is 6.66. The average molecular weight is 268 g/mol. The molecule has 3 fully saturated rings. The molecule has 3 rings (SSSR count). The van der Waals surface area contributed by atoms with Gasteiger partial charge in [0.15, 0.2) is 19.6 Å². The maximum absolute atomic E-state index is 14.0. The van der Waals surface area contributed by atoms with Crippen molar-refractivity contribution in [1.29, 1.82) is 0 Å². The van der Waals surface area contributed by atoms with Gasteiger partial charge < -0.3 is 0 Å². The first kappa shape index (κ1) is 13.4. The molecule has 0 radical (unpaired) electrons. The van der Waals surface area contributed by atoms with Crippen molar-refractivity contribution in [3.05, 3.63) is 0 Å². The molecule has 3 heterocycles. The lowest BCUT2D eigenvalue weighted by Crippen LogP contribution is -2.70. The fraction of sp³-hybridized carbons (Fsp3) is 1.00. The minimum absolute atomic E-state index is 0.318. The van der Waals surface area contributed by atoms with Gasteiger partial charge in [0.05, 0.1) is 13.2 Å². The summed E-state index contributed by atoms with van der Waals surface area (Å²) in [6.07, 6.45) is 0. The second-order valence-corrected chi connectivity index (χ2v) is 7.07. The number of quaternary nitrogens is 2. The molecule has 0 N–H and O–H groups in total. The Hall–Kier alpha value is -0.0000000000000000278. The van der Waals surface area contributed by atoms with Crippen molar-refractivity contribution >= 4 is 7.75 Å². The molecule has 0 amide bonds. The van der Waals surface area contributed by atoms with Crippen LogP contribution in [-0.4, -0.2) is 61.4 Å². The van der Waals surface area contributed by atoms with Crippen molar-refractivity contribution in [3.8, 4) is 0 Å². The van der Waals surface area contributed by atoms with Crippen LogP contribution in [0.25, 0.3) is 0 Å². The number of hydrogen-bond donors (Lipinski definition) is 0. The van der Waals surface area contributed by atoms with E-state index < -0.39 is 7.75 Å². The van der Waals surface area contributed by atoms with Gasteiger partial charge in [-0.3, -0.25) is 9.05 Å². The van der Waals surface area contributed by atoms with E-state index in [0.29, 0.717) is 56.7 Å². The molecule has 5 nitrogen and oxygen atoms in total. The van der Waals surface area contributed by atoms with Crippen molar-refractivity contribution in [1.82, 2.24) is 0 Å². The Bertz CT molecular complexity index is 305. The predicted octanol–water partition coefficient (Wildman–Crippen LogP) is 1.71. The van der Waals surface area contributed by atoms with Crippen LogP contribution < -0.4 is 0 Å². The molecular weight excluding hydrogens is 246 g/mol. The predicted molar refractivity (Wildman–Crippen MR) is 61.7 cm³/mol. The monoisotopic (exact) mass is 268 g/mol. The lowest BCUT2D eigenvalue weighted by Gasteiger charge is -2.50. The fourth-order valence-electron chi connectivity index (χ4n) is 2.74. The summed E-state index contributed by atoms with van der Waals surface area (Å²) in [4.78, 5) is 0. The highest BCUT2D eigenvalue weighted by Gasteiger charge is 2.61. The third kappa shape index (κ3) is 2.17. The van der Waals surface area contributed by atoms with E-state index >= 15 is 0 Å². The first-order chi connectivity index (χ1) is 7.99. The first-order valence-corrected chi connectivity index (χ1v) is 7.80. The molecular formula is C10H22FN2O3P+2. The summed E-state index contributed by atoms with van der Waals surface area (Å²) in [5.74, 6) is 0. The van der Waals surface area contributed by atoms with Crippen molar-refractivity contribution in [3.63, 3.8) is 0 Å². The smallest absolute Gasteiger partial charge is 0.263 e. The average Bonchev–Trinajstić information content (AvgIpc) is 2.31. The maximum Gasteiger partial charge on any atom is 0.532 e. The molecule has 0 aromatic carbocycles. The zero-order valence-corrected chi connectivity index (χ0v) is 11.5. The Kier molecular flexibility index (Phi) is 3.63. The fourth-order valence-corrected chi connectivity index (χ4v) is 4.96. The molecule has 17 heavy (non-hydrogen) atoms. The van der Waals surface area contributed by atoms with E-state index in [-0.39, 0.29) is 4.71 Å². The van der Waals surface area contributed by atoms with Crippen LogP contribution in [0, 0.1) is 0 Å². The van der Waals surface area contributed by atoms with Crippen LogP contribution in [0.15, 0.2) is 0 Å². The molecule has 7 heteroatoms. The van der Waals surface area contributed by atoms with Crippen LogP contribution in [0.5, 0.6) is 0 Å². The van der Waals surface area contributed by atoms with Gasteiger partial charge in [-0.25, -0.2) is 8.82 Å². The molecule has 100 valence electrons. The minimum Gasteiger partial charge on any atom is -0.263 e. The van der Waals surface area contributed by atoms with Crippen molar-refractivity contribution in [2.45, 2.75) is 13.8 Å². The lowest BCUT2D eigenvalue weighted by molar-refractivity contribution is -1.13. The summed E-state index contributed by atoms with van der Waals surface area (Å²) in [6, 6.07) is 0. The molecule has 0 aliphatic carbocycles. The van der Waals surface area contributed by atoms with Gasteiger partial charge in [0.2, 0.25) is 0 Å². The van der Waals surface area contributed by atoms with Gasteiger partial charge in [0.25, 0.3) is 0 Å². The van der Waals surface area contributed by atoms with E-state index in [9.17, 15) is 9.05 Å². The van der Waals surface area contributed by atoms with Gasteiger partial charge in [-0.15, -0.1) is 4.71 Å². The number of fused-ring (bicyclic) bond motifs is 3. The van der Waals surface area contributed by atoms with Crippen molar-refractivity contribution in [2.24, 2.45) is 0 Å². The number of rotatable bonds is 5. The third-order valence-electron chi connectivity index (χ3n) is 3.86. The summed E-state index contributed by atoms with van der Waals surface area (Å²) in [5.41, 5.74) is 0. The molecule has 0 aromatic heterocycles. The van der Waals surface area contributed by atoms with Crippen molar-refractivity contribution in [2.75, 3.05) is 52.5 Å². The topological polar surface area (TPSA) is 35.5 Å². The molecule has 3 aliphatic rings. The summed E-state index contributed by atoms with van der Waals surface area (Å²) >= 11 is 0. The van der Waals surface area contributed by atoms with E-state index in [1.165, 1.54) is 0 Å². The van der Waals surface area contributed by atoms with E-state index in [1.807, 2.05) is 13.8 Å². The highest BCUT2D eigenvalue weighted by molar-refractivity contribution is 7.47. The van der Waals surface area contributed by atoms with E-state index in [1.54, 1.807) is 0 Å². The van der Waals surface area contributed by atoms with Gasteiger partial charge in [0, 0.05) is 0 Å². The first-order valence-electron chi connectivity index (χ1n) is 6.31. The zero-order chi connectivity index (χ0) is 12.6. The molecule has 0 aromatic rings. The van der Waals surface area contributed by atoms with Gasteiger partial charge in [0.1, 0.15) is 19.6 Å². The molecule has 3 saturated heterocycles. The van der Waals surface area contributed by atoms with Crippen LogP contribution in [0.1, 0.15) is 13.8 Å². The van der Waals surface area contributed by atoms with Crippen LogP contribution in [0.3, 0.4) is 0 Å². The Morgan fingerprint density at radius 2 is 1.41 bits per heavy atom. The second kappa shape index (κ2) is 4.59. The van der Waals surface area contributed by atoms with Crippen LogP contribution in [0.2, 0.25) is 0 Å². The van der Waals surface area contributed by atoms with Crippen LogP contribution >= 0.6 is 7.75 Å². The van der Waals surface area contributed by atoms with E-state index in [4.69, 9.17) is 9.05 Å². The molecule has 0 saturated carbocycles. The van der Waals surface area contributed by atoms with E-state index in [0.717, 1.165) is 0 Å². The summed E-state index contributed by atoms with van der Waals surface area (Å²) in [7, 11) is -3.16. The number of piperazine rings is 3. The van der Waals surface area contributed by atoms with Gasteiger partial charge >= 0.3 is 7.75 Å². The van der Waals surface area contributed by atoms with Gasteiger partial charge in [-0.1, -0.05) is 0 Å². The highest BCUT2D eigenvalue weighted by atomic mass is 31.2. The summed E-state index contributed by atoms with van der Waals surface area (Å²) < 4.78 is 37.7. The number of hydrogen-bond acceptors (Lipinski definition) is 3. The second-order valence-electron chi connectivity index (χ2n) is 4.77.